The molecule has 0 radical (unpaired) electrons. The van der Waals surface area contributed by atoms with E-state index in [0.29, 0.717) is 37.4 Å². The summed E-state index contributed by atoms with van der Waals surface area (Å²) in [6.45, 7) is 2.56. The highest BCUT2D eigenvalue weighted by Gasteiger charge is 2.31. The average molecular weight is 433 g/mol. The monoisotopic (exact) mass is 433 g/mol. The van der Waals surface area contributed by atoms with Gasteiger partial charge in [-0.2, -0.15) is 8.42 Å². The van der Waals surface area contributed by atoms with Gasteiger partial charge in [0.1, 0.15) is 11.5 Å². The van der Waals surface area contributed by atoms with Gasteiger partial charge in [-0.3, -0.25) is 4.79 Å². The summed E-state index contributed by atoms with van der Waals surface area (Å²) in [5.41, 5.74) is 0.841. The predicted molar refractivity (Wildman–Crippen MR) is 111 cm³/mol. The molecular weight excluding hydrogens is 410 g/mol. The summed E-state index contributed by atoms with van der Waals surface area (Å²) < 4.78 is 34.2. The number of hydrogen-bond donors (Lipinski definition) is 1. The summed E-state index contributed by atoms with van der Waals surface area (Å²) in [7, 11) is -3.61. The molecule has 30 heavy (non-hydrogen) atoms. The van der Waals surface area contributed by atoms with Crippen LogP contribution in [-0.2, 0) is 14.9 Å². The third-order valence-electron chi connectivity index (χ3n) is 4.62. The number of nitrogens with zero attached hydrogens (tertiary/aromatic N) is 1. The van der Waals surface area contributed by atoms with Crippen molar-refractivity contribution in [1.82, 2.24) is 0 Å². The van der Waals surface area contributed by atoms with Crippen LogP contribution in [0.4, 0.5) is 5.69 Å². The molecule has 1 fully saturated rings. The van der Waals surface area contributed by atoms with E-state index in [-0.39, 0.29) is 28.9 Å². The Morgan fingerprint density at radius 1 is 1.10 bits per heavy atom. The van der Waals surface area contributed by atoms with Crippen molar-refractivity contribution in [2.24, 2.45) is 5.92 Å². The fraction of sp³-hybridized carbons (Fsp3) is 0.333. The zero-order chi connectivity index (χ0) is 21.7. The molecule has 0 aromatic heterocycles. The molecule has 1 amide bonds. The number of rotatable bonds is 9. The maximum atomic E-state index is 12.4. The van der Waals surface area contributed by atoms with E-state index < -0.39 is 16.1 Å². The van der Waals surface area contributed by atoms with Gasteiger partial charge in [-0.15, -0.1) is 0 Å². The zero-order valence-electron chi connectivity index (χ0n) is 16.5. The number of amides is 1. The Labute approximate surface area is 175 Å². The second kappa shape index (κ2) is 9.17. The van der Waals surface area contributed by atoms with Crippen LogP contribution >= 0.6 is 0 Å². The number of aromatic carboxylic acids is 1. The minimum atomic E-state index is -3.61. The highest BCUT2D eigenvalue weighted by Crippen LogP contribution is 2.28. The van der Waals surface area contributed by atoms with Crippen LogP contribution < -0.4 is 13.8 Å². The van der Waals surface area contributed by atoms with E-state index in [9.17, 15) is 18.0 Å². The topological polar surface area (TPSA) is 110 Å². The molecule has 0 saturated carbocycles. The Kier molecular flexibility index (Phi) is 6.61. The smallest absolute Gasteiger partial charge is 0.335 e. The standard InChI is InChI=1S/C21H23NO7S/c1-2-11-30(26,27)29-19-9-5-17(6-10-19)22-13-15(12-20(22)23)14-28-18-7-3-16(4-8-18)21(24)25/h3-10,15H,2,11-14H2,1H3,(H,24,25). The molecule has 0 aliphatic carbocycles. The van der Waals surface area contributed by atoms with Gasteiger partial charge in [0.15, 0.2) is 0 Å². The zero-order valence-corrected chi connectivity index (χ0v) is 17.3. The van der Waals surface area contributed by atoms with E-state index in [1.807, 2.05) is 0 Å². The SMILES string of the molecule is CCCS(=O)(=O)Oc1ccc(N2CC(COc3ccc(C(=O)O)cc3)CC2=O)cc1. The molecule has 2 aromatic rings. The van der Waals surface area contributed by atoms with Gasteiger partial charge in [0.25, 0.3) is 0 Å². The second-order valence-corrected chi connectivity index (χ2v) is 8.74. The lowest BCUT2D eigenvalue weighted by Gasteiger charge is -2.17. The molecule has 8 nitrogen and oxygen atoms in total. The fourth-order valence-electron chi connectivity index (χ4n) is 3.17. The van der Waals surface area contributed by atoms with Gasteiger partial charge < -0.3 is 18.9 Å². The molecule has 0 bridgehead atoms. The molecule has 1 N–H and O–H groups in total. The lowest BCUT2D eigenvalue weighted by Crippen LogP contribution is -2.25. The third kappa shape index (κ3) is 5.50. The van der Waals surface area contributed by atoms with Crippen LogP contribution in [0.25, 0.3) is 0 Å². The molecule has 9 heteroatoms. The Bertz CT molecular complexity index is 1000. The van der Waals surface area contributed by atoms with Gasteiger partial charge in [0.2, 0.25) is 5.91 Å². The molecule has 0 spiro atoms. The molecule has 3 rings (SSSR count). The van der Waals surface area contributed by atoms with Crippen molar-refractivity contribution in [1.29, 1.82) is 0 Å². The van der Waals surface area contributed by atoms with Crippen molar-refractivity contribution in [3.63, 3.8) is 0 Å². The molecule has 1 saturated heterocycles. The van der Waals surface area contributed by atoms with Crippen LogP contribution in [0.15, 0.2) is 48.5 Å². The quantitative estimate of drug-likeness (QED) is 0.605. The molecule has 1 heterocycles. The summed E-state index contributed by atoms with van der Waals surface area (Å²) in [4.78, 5) is 24.9. The summed E-state index contributed by atoms with van der Waals surface area (Å²) >= 11 is 0. The van der Waals surface area contributed by atoms with Gasteiger partial charge in [-0.1, -0.05) is 6.92 Å². The number of carboxylic acids is 1. The Hall–Kier alpha value is -3.07. The van der Waals surface area contributed by atoms with Crippen molar-refractivity contribution in [3.05, 3.63) is 54.1 Å². The van der Waals surface area contributed by atoms with Crippen molar-refractivity contribution in [3.8, 4) is 11.5 Å². The Morgan fingerprint density at radius 3 is 2.33 bits per heavy atom. The van der Waals surface area contributed by atoms with Gasteiger partial charge >= 0.3 is 16.1 Å². The first-order valence-corrected chi connectivity index (χ1v) is 11.1. The van der Waals surface area contributed by atoms with Gasteiger partial charge in [0, 0.05) is 24.6 Å². The van der Waals surface area contributed by atoms with Crippen LogP contribution in [0.3, 0.4) is 0 Å². The number of benzene rings is 2. The fourth-order valence-corrected chi connectivity index (χ4v) is 4.16. The highest BCUT2D eigenvalue weighted by atomic mass is 32.2. The number of carboxylic acid groups (broad SMARTS) is 1. The summed E-state index contributed by atoms with van der Waals surface area (Å²) in [5, 5.41) is 8.92. The highest BCUT2D eigenvalue weighted by molar-refractivity contribution is 7.87. The van der Waals surface area contributed by atoms with E-state index >= 15 is 0 Å². The molecule has 1 unspecified atom stereocenters. The summed E-state index contributed by atoms with van der Waals surface area (Å²) in [6, 6.07) is 12.5. The number of hydrogen-bond acceptors (Lipinski definition) is 6. The van der Waals surface area contributed by atoms with Crippen molar-refractivity contribution in [2.45, 2.75) is 19.8 Å². The van der Waals surface area contributed by atoms with E-state index in [0.717, 1.165) is 0 Å². The Balaban J connectivity index is 1.57. The van der Waals surface area contributed by atoms with Crippen LogP contribution in [0.5, 0.6) is 11.5 Å². The van der Waals surface area contributed by atoms with Gasteiger partial charge in [0.05, 0.1) is 17.9 Å². The number of ether oxygens (including phenoxy) is 1. The van der Waals surface area contributed by atoms with Gasteiger partial charge in [-0.25, -0.2) is 4.79 Å². The molecule has 1 aliphatic rings. The van der Waals surface area contributed by atoms with Gasteiger partial charge in [-0.05, 0) is 55.0 Å². The second-order valence-electron chi connectivity index (χ2n) is 7.05. The first kappa shape index (κ1) is 21.6. The normalized spacial score (nSPS) is 16.5. The lowest BCUT2D eigenvalue weighted by atomic mass is 10.1. The predicted octanol–water partition coefficient (Wildman–Crippen LogP) is 2.94. The first-order chi connectivity index (χ1) is 14.3. The van der Waals surface area contributed by atoms with Crippen molar-refractivity contribution >= 4 is 27.7 Å². The van der Waals surface area contributed by atoms with Crippen molar-refractivity contribution < 1.29 is 32.0 Å². The lowest BCUT2D eigenvalue weighted by molar-refractivity contribution is -0.117. The van der Waals surface area contributed by atoms with Crippen LogP contribution in [0.2, 0.25) is 0 Å². The largest absolute Gasteiger partial charge is 0.493 e. The first-order valence-electron chi connectivity index (χ1n) is 9.56. The van der Waals surface area contributed by atoms with E-state index in [4.69, 9.17) is 14.0 Å². The number of anilines is 1. The maximum Gasteiger partial charge on any atom is 0.335 e. The minimum Gasteiger partial charge on any atom is -0.493 e. The maximum absolute atomic E-state index is 12.4. The van der Waals surface area contributed by atoms with Crippen molar-refractivity contribution in [2.75, 3.05) is 23.8 Å². The van der Waals surface area contributed by atoms with Crippen LogP contribution in [0.1, 0.15) is 30.1 Å². The summed E-state index contributed by atoms with van der Waals surface area (Å²) in [6.07, 6.45) is 0.798. The molecule has 2 aromatic carbocycles. The third-order valence-corrected chi connectivity index (χ3v) is 5.97. The van der Waals surface area contributed by atoms with E-state index in [1.54, 1.807) is 36.1 Å². The molecular formula is C21H23NO7S. The van der Waals surface area contributed by atoms with Crippen LogP contribution in [0, 0.1) is 5.92 Å². The van der Waals surface area contributed by atoms with E-state index in [1.165, 1.54) is 24.3 Å². The number of carbonyl (C=O) groups excluding carboxylic acids is 1. The molecule has 1 atom stereocenters. The van der Waals surface area contributed by atoms with E-state index in [2.05, 4.69) is 0 Å². The Morgan fingerprint density at radius 2 is 1.73 bits per heavy atom. The molecule has 1 aliphatic heterocycles. The number of carbonyl (C=O) groups is 2. The molecule has 160 valence electrons. The van der Waals surface area contributed by atoms with Crippen LogP contribution in [-0.4, -0.2) is 44.3 Å². The minimum absolute atomic E-state index is 0.0162. The average Bonchev–Trinajstić information content (AvgIpc) is 3.07. The summed E-state index contributed by atoms with van der Waals surface area (Å²) in [5.74, 6) is -0.364.